The molecule has 0 N–H and O–H groups in total. The number of fused-ring (bicyclic) bond motifs is 3. The number of benzene rings is 1. The minimum Gasteiger partial charge on any atom is -0.472 e. The quantitative estimate of drug-likeness (QED) is 0.730. The highest BCUT2D eigenvalue weighted by molar-refractivity contribution is 9.11. The Balaban J connectivity index is 2.25. The number of ether oxygens (including phenoxy) is 1. The second-order valence-electron chi connectivity index (χ2n) is 3.19. The van der Waals surface area contributed by atoms with Gasteiger partial charge < -0.3 is 4.74 Å². The van der Waals surface area contributed by atoms with Crippen LogP contribution in [0.2, 0.25) is 5.02 Å². The molecule has 1 aliphatic rings. The standard InChI is InChI=1S/C10H5BrClNOS/c11-10-13-9-8(15-10)7-2-1-6(12)3-5(7)4-14-9/h1-3H,4H2. The zero-order valence-corrected chi connectivity index (χ0v) is 10.6. The molecule has 5 heteroatoms. The van der Waals surface area contributed by atoms with Crippen molar-refractivity contribution in [3.05, 3.63) is 32.7 Å². The van der Waals surface area contributed by atoms with Crippen LogP contribution in [0.1, 0.15) is 5.56 Å². The average molecular weight is 303 g/mol. The van der Waals surface area contributed by atoms with Gasteiger partial charge in [-0.05, 0) is 33.6 Å². The van der Waals surface area contributed by atoms with Crippen LogP contribution in [0, 0.1) is 0 Å². The van der Waals surface area contributed by atoms with Crippen LogP contribution < -0.4 is 4.74 Å². The molecule has 1 aromatic heterocycles. The molecule has 0 spiro atoms. The molecular weight excluding hydrogens is 298 g/mol. The monoisotopic (exact) mass is 301 g/mol. The van der Waals surface area contributed by atoms with Crippen LogP contribution >= 0.6 is 38.9 Å². The summed E-state index contributed by atoms with van der Waals surface area (Å²) in [6, 6.07) is 5.85. The van der Waals surface area contributed by atoms with E-state index in [2.05, 4.69) is 20.9 Å². The van der Waals surface area contributed by atoms with Gasteiger partial charge in [-0.3, -0.25) is 0 Å². The molecule has 0 unspecified atom stereocenters. The third-order valence-corrected chi connectivity index (χ3v) is 4.00. The maximum Gasteiger partial charge on any atom is 0.234 e. The van der Waals surface area contributed by atoms with E-state index in [0.717, 1.165) is 19.4 Å². The van der Waals surface area contributed by atoms with Gasteiger partial charge in [0.05, 0.1) is 4.88 Å². The highest BCUT2D eigenvalue weighted by Crippen LogP contribution is 2.43. The van der Waals surface area contributed by atoms with E-state index in [1.54, 1.807) is 11.3 Å². The predicted molar refractivity (Wildman–Crippen MR) is 64.6 cm³/mol. The largest absolute Gasteiger partial charge is 0.472 e. The number of halogens is 2. The first-order chi connectivity index (χ1) is 7.24. The maximum absolute atomic E-state index is 5.93. The van der Waals surface area contributed by atoms with Gasteiger partial charge in [0.25, 0.3) is 0 Å². The molecule has 15 heavy (non-hydrogen) atoms. The second-order valence-corrected chi connectivity index (χ2v) is 5.90. The van der Waals surface area contributed by atoms with E-state index in [1.165, 1.54) is 5.56 Å². The number of hydrogen-bond acceptors (Lipinski definition) is 3. The molecule has 0 amide bonds. The van der Waals surface area contributed by atoms with Crippen molar-refractivity contribution >= 4 is 38.9 Å². The summed E-state index contributed by atoms with van der Waals surface area (Å²) in [7, 11) is 0. The molecule has 0 saturated carbocycles. The van der Waals surface area contributed by atoms with Gasteiger partial charge in [-0.25, -0.2) is 0 Å². The molecule has 0 atom stereocenters. The van der Waals surface area contributed by atoms with Crippen molar-refractivity contribution < 1.29 is 4.74 Å². The number of hydrogen-bond donors (Lipinski definition) is 0. The van der Waals surface area contributed by atoms with Crippen LogP contribution in [0.15, 0.2) is 22.1 Å². The van der Waals surface area contributed by atoms with Gasteiger partial charge in [-0.2, -0.15) is 4.98 Å². The minimum absolute atomic E-state index is 0.541. The summed E-state index contributed by atoms with van der Waals surface area (Å²) in [4.78, 5) is 5.32. The van der Waals surface area contributed by atoms with Crippen LogP contribution in [0.4, 0.5) is 0 Å². The molecule has 2 nitrogen and oxygen atoms in total. The Morgan fingerprint density at radius 1 is 1.47 bits per heavy atom. The fourth-order valence-electron chi connectivity index (χ4n) is 1.60. The molecule has 0 fully saturated rings. The lowest BCUT2D eigenvalue weighted by Crippen LogP contribution is -2.03. The first kappa shape index (κ1) is 9.63. The molecule has 0 aliphatic carbocycles. The van der Waals surface area contributed by atoms with E-state index in [4.69, 9.17) is 16.3 Å². The van der Waals surface area contributed by atoms with E-state index >= 15 is 0 Å². The van der Waals surface area contributed by atoms with Crippen molar-refractivity contribution in [3.63, 3.8) is 0 Å². The molecule has 0 radical (unpaired) electrons. The molecule has 1 aromatic carbocycles. The summed E-state index contributed by atoms with van der Waals surface area (Å²) < 4.78 is 6.38. The summed E-state index contributed by atoms with van der Waals surface area (Å²) in [5, 5.41) is 0.740. The number of rotatable bonds is 0. The molecule has 2 aromatic rings. The lowest BCUT2D eigenvalue weighted by molar-refractivity contribution is 0.292. The van der Waals surface area contributed by atoms with Gasteiger partial charge in [0, 0.05) is 10.6 Å². The summed E-state index contributed by atoms with van der Waals surface area (Å²) in [6.07, 6.45) is 0. The Morgan fingerprint density at radius 2 is 2.33 bits per heavy atom. The zero-order valence-electron chi connectivity index (χ0n) is 7.46. The van der Waals surface area contributed by atoms with Gasteiger partial charge in [0.15, 0.2) is 3.92 Å². The smallest absolute Gasteiger partial charge is 0.234 e. The van der Waals surface area contributed by atoms with Crippen molar-refractivity contribution in [2.45, 2.75) is 6.61 Å². The third-order valence-electron chi connectivity index (χ3n) is 2.25. The fraction of sp³-hybridized carbons (Fsp3) is 0.100. The van der Waals surface area contributed by atoms with Crippen molar-refractivity contribution in [1.82, 2.24) is 4.98 Å². The van der Waals surface area contributed by atoms with Crippen LogP contribution in [-0.2, 0) is 6.61 Å². The third kappa shape index (κ3) is 1.57. The SMILES string of the molecule is Clc1ccc2c(c1)COc1nc(Br)sc1-2. The number of thiazole rings is 1. The van der Waals surface area contributed by atoms with Crippen molar-refractivity contribution in [1.29, 1.82) is 0 Å². The Kier molecular flexibility index (Phi) is 2.23. The van der Waals surface area contributed by atoms with Gasteiger partial charge in [0.2, 0.25) is 5.88 Å². The summed E-state index contributed by atoms with van der Waals surface area (Å²) in [6.45, 7) is 0.541. The van der Waals surface area contributed by atoms with Crippen molar-refractivity contribution in [2.75, 3.05) is 0 Å². The summed E-state index contributed by atoms with van der Waals surface area (Å²) in [5.41, 5.74) is 2.29. The van der Waals surface area contributed by atoms with Gasteiger partial charge in [0.1, 0.15) is 6.61 Å². The lowest BCUT2D eigenvalue weighted by atomic mass is 10.1. The molecule has 3 rings (SSSR count). The minimum atomic E-state index is 0.541. The highest BCUT2D eigenvalue weighted by Gasteiger charge is 2.21. The van der Waals surface area contributed by atoms with E-state index in [0.29, 0.717) is 12.5 Å². The van der Waals surface area contributed by atoms with Crippen LogP contribution in [0.3, 0.4) is 0 Å². The Bertz CT molecular complexity index is 540. The maximum atomic E-state index is 5.93. The van der Waals surface area contributed by atoms with Crippen molar-refractivity contribution in [2.24, 2.45) is 0 Å². The average Bonchev–Trinajstić information content (AvgIpc) is 2.58. The van der Waals surface area contributed by atoms with Gasteiger partial charge in [-0.1, -0.05) is 17.7 Å². The summed E-state index contributed by atoms with van der Waals surface area (Å²) >= 11 is 10.9. The molecule has 1 aliphatic heterocycles. The first-order valence-corrected chi connectivity index (χ1v) is 6.31. The fourth-order valence-corrected chi connectivity index (χ4v) is 3.24. The molecule has 2 heterocycles. The van der Waals surface area contributed by atoms with E-state index < -0.39 is 0 Å². The zero-order chi connectivity index (χ0) is 10.4. The lowest BCUT2D eigenvalue weighted by Gasteiger charge is -2.15. The second kappa shape index (κ2) is 3.47. The Hall–Kier alpha value is -0.580. The predicted octanol–water partition coefficient (Wildman–Crippen LogP) is 4.12. The summed E-state index contributed by atoms with van der Waals surface area (Å²) in [5.74, 6) is 0.710. The van der Waals surface area contributed by atoms with Crippen LogP contribution in [0.5, 0.6) is 5.88 Å². The molecule has 0 bridgehead atoms. The van der Waals surface area contributed by atoms with E-state index in [1.807, 2.05) is 18.2 Å². The molecular formula is C10H5BrClNOS. The normalized spacial score (nSPS) is 12.9. The topological polar surface area (TPSA) is 22.1 Å². The Labute approximate surface area is 104 Å². The Morgan fingerprint density at radius 3 is 3.20 bits per heavy atom. The van der Waals surface area contributed by atoms with E-state index in [-0.39, 0.29) is 0 Å². The molecule has 0 saturated heterocycles. The van der Waals surface area contributed by atoms with Crippen LogP contribution in [-0.4, -0.2) is 4.98 Å². The first-order valence-electron chi connectivity index (χ1n) is 4.32. The molecule has 76 valence electrons. The van der Waals surface area contributed by atoms with E-state index in [9.17, 15) is 0 Å². The number of aromatic nitrogens is 1. The van der Waals surface area contributed by atoms with Gasteiger partial charge in [-0.15, -0.1) is 11.3 Å². The van der Waals surface area contributed by atoms with Gasteiger partial charge >= 0.3 is 0 Å². The van der Waals surface area contributed by atoms with Crippen LogP contribution in [0.25, 0.3) is 10.4 Å². The van der Waals surface area contributed by atoms with Crippen molar-refractivity contribution in [3.8, 4) is 16.3 Å². The number of nitrogens with zero attached hydrogens (tertiary/aromatic N) is 1. The highest BCUT2D eigenvalue weighted by atomic mass is 79.9.